The highest BCUT2D eigenvalue weighted by Gasteiger charge is 2.22. The van der Waals surface area contributed by atoms with E-state index in [1.165, 1.54) is 0 Å². The molecule has 0 radical (unpaired) electrons. The first-order chi connectivity index (χ1) is 9.04. The molecule has 1 unspecified atom stereocenters. The maximum atomic E-state index is 11.9. The van der Waals surface area contributed by atoms with E-state index < -0.39 is 0 Å². The Morgan fingerprint density at radius 2 is 2.21 bits per heavy atom. The average Bonchev–Trinajstić information content (AvgIpc) is 2.33. The van der Waals surface area contributed by atoms with Gasteiger partial charge in [-0.2, -0.15) is 0 Å². The summed E-state index contributed by atoms with van der Waals surface area (Å²) in [6.07, 6.45) is 0. The number of carbonyl (C=O) groups is 2. The largest absolute Gasteiger partial charge is 0.346 e. The molecule has 1 heterocycles. The van der Waals surface area contributed by atoms with Gasteiger partial charge in [-0.15, -0.1) is 0 Å². The zero-order chi connectivity index (χ0) is 13.8. The SMILES string of the molecule is O=C1C[NH+](CC(=O)Nc2ccc(Cl)cc2Cl)CCN1. The van der Waals surface area contributed by atoms with Crippen molar-refractivity contribution < 1.29 is 14.5 Å². The van der Waals surface area contributed by atoms with Crippen LogP contribution in [0.5, 0.6) is 0 Å². The minimum Gasteiger partial charge on any atom is -0.346 e. The van der Waals surface area contributed by atoms with Gasteiger partial charge in [0.25, 0.3) is 11.8 Å². The number of quaternary nitrogens is 1. The van der Waals surface area contributed by atoms with Crippen molar-refractivity contribution in [3.05, 3.63) is 28.2 Å². The Bertz CT molecular complexity index is 508. The van der Waals surface area contributed by atoms with Gasteiger partial charge in [0.15, 0.2) is 13.1 Å². The highest BCUT2D eigenvalue weighted by molar-refractivity contribution is 6.36. The topological polar surface area (TPSA) is 62.6 Å². The van der Waals surface area contributed by atoms with E-state index in [0.29, 0.717) is 28.8 Å². The van der Waals surface area contributed by atoms with Crippen molar-refractivity contribution in [2.75, 3.05) is 31.5 Å². The number of hydrogen-bond acceptors (Lipinski definition) is 2. The van der Waals surface area contributed by atoms with Gasteiger partial charge in [-0.05, 0) is 18.2 Å². The van der Waals surface area contributed by atoms with Gasteiger partial charge in [0.05, 0.1) is 23.8 Å². The molecule has 1 fully saturated rings. The van der Waals surface area contributed by atoms with Gasteiger partial charge in [-0.25, -0.2) is 0 Å². The van der Waals surface area contributed by atoms with Gasteiger partial charge < -0.3 is 15.5 Å². The fourth-order valence-corrected chi connectivity index (χ4v) is 2.38. The Hall–Kier alpha value is -1.30. The fraction of sp³-hybridized carbons (Fsp3) is 0.333. The molecule has 0 saturated carbocycles. The third-order valence-corrected chi connectivity index (χ3v) is 3.37. The van der Waals surface area contributed by atoms with E-state index in [9.17, 15) is 9.59 Å². The minimum absolute atomic E-state index is 0.0291. The van der Waals surface area contributed by atoms with Crippen LogP contribution < -0.4 is 15.5 Å². The number of benzene rings is 1. The van der Waals surface area contributed by atoms with E-state index in [-0.39, 0.29) is 18.4 Å². The summed E-state index contributed by atoms with van der Waals surface area (Å²) in [5, 5.41) is 6.35. The van der Waals surface area contributed by atoms with Crippen molar-refractivity contribution in [3.8, 4) is 0 Å². The van der Waals surface area contributed by atoms with Crippen molar-refractivity contribution in [1.82, 2.24) is 5.32 Å². The molecule has 19 heavy (non-hydrogen) atoms. The van der Waals surface area contributed by atoms with E-state index in [1.54, 1.807) is 18.2 Å². The quantitative estimate of drug-likeness (QED) is 0.733. The lowest BCUT2D eigenvalue weighted by molar-refractivity contribution is -0.885. The first-order valence-corrected chi connectivity index (χ1v) is 6.65. The van der Waals surface area contributed by atoms with Crippen molar-refractivity contribution in [2.45, 2.75) is 0 Å². The molecule has 0 bridgehead atoms. The summed E-state index contributed by atoms with van der Waals surface area (Å²) in [4.78, 5) is 24.0. The standard InChI is InChI=1S/C12H13Cl2N3O2/c13-8-1-2-10(9(14)5-8)16-12(19)7-17-4-3-15-11(18)6-17/h1-2,5H,3-4,6-7H2,(H,15,18)(H,16,19)/p+1. The Labute approximate surface area is 120 Å². The number of halogens is 2. The zero-order valence-electron chi connectivity index (χ0n) is 10.1. The normalized spacial score (nSPS) is 18.8. The molecular formula is C12H14Cl2N3O2+. The Morgan fingerprint density at radius 1 is 1.42 bits per heavy atom. The van der Waals surface area contributed by atoms with E-state index in [0.717, 1.165) is 11.4 Å². The molecule has 0 spiro atoms. The van der Waals surface area contributed by atoms with E-state index in [4.69, 9.17) is 23.2 Å². The molecule has 1 saturated heterocycles. The lowest BCUT2D eigenvalue weighted by atomic mass is 10.3. The van der Waals surface area contributed by atoms with Gasteiger partial charge in [0.1, 0.15) is 0 Å². The van der Waals surface area contributed by atoms with Crippen molar-refractivity contribution in [1.29, 1.82) is 0 Å². The monoisotopic (exact) mass is 302 g/mol. The molecule has 0 aromatic heterocycles. The third kappa shape index (κ3) is 4.09. The number of rotatable bonds is 3. The van der Waals surface area contributed by atoms with Crippen molar-refractivity contribution in [3.63, 3.8) is 0 Å². The molecule has 2 rings (SSSR count). The lowest BCUT2D eigenvalue weighted by Crippen LogP contribution is -3.16. The summed E-state index contributed by atoms with van der Waals surface area (Å²) < 4.78 is 0. The van der Waals surface area contributed by atoms with Gasteiger partial charge in [-0.3, -0.25) is 9.59 Å². The Kier molecular flexibility index (Phi) is 4.63. The van der Waals surface area contributed by atoms with E-state index in [2.05, 4.69) is 10.6 Å². The van der Waals surface area contributed by atoms with Gasteiger partial charge in [0.2, 0.25) is 0 Å². The third-order valence-electron chi connectivity index (χ3n) is 2.83. The summed E-state index contributed by atoms with van der Waals surface area (Å²) in [5.41, 5.74) is 0.525. The van der Waals surface area contributed by atoms with Crippen LogP contribution in [-0.4, -0.2) is 38.0 Å². The van der Waals surface area contributed by atoms with Gasteiger partial charge in [0, 0.05) is 5.02 Å². The van der Waals surface area contributed by atoms with Crippen LogP contribution in [0.1, 0.15) is 0 Å². The highest BCUT2D eigenvalue weighted by atomic mass is 35.5. The zero-order valence-corrected chi connectivity index (χ0v) is 11.6. The molecule has 7 heteroatoms. The van der Waals surface area contributed by atoms with Crippen LogP contribution in [0, 0.1) is 0 Å². The molecule has 1 aliphatic rings. The molecule has 1 aromatic carbocycles. The summed E-state index contributed by atoms with van der Waals surface area (Å²) in [5.74, 6) is -0.201. The molecule has 3 N–H and O–H groups in total. The summed E-state index contributed by atoms with van der Waals surface area (Å²) in [7, 11) is 0. The molecule has 1 aliphatic heterocycles. The summed E-state index contributed by atoms with van der Waals surface area (Å²) in [6, 6.07) is 4.88. The van der Waals surface area contributed by atoms with Crippen molar-refractivity contribution in [2.24, 2.45) is 0 Å². The molecular weight excluding hydrogens is 289 g/mol. The Morgan fingerprint density at radius 3 is 2.89 bits per heavy atom. The first-order valence-electron chi connectivity index (χ1n) is 5.90. The molecule has 2 amide bonds. The summed E-state index contributed by atoms with van der Waals surface area (Å²) >= 11 is 11.7. The number of anilines is 1. The number of carbonyl (C=O) groups excluding carboxylic acids is 2. The summed E-state index contributed by atoms with van der Waals surface area (Å²) in [6.45, 7) is 1.91. The molecule has 5 nitrogen and oxygen atoms in total. The average molecular weight is 303 g/mol. The number of amides is 2. The predicted octanol–water partition coefficient (Wildman–Crippen LogP) is -0.0534. The van der Waals surface area contributed by atoms with Crippen LogP contribution >= 0.6 is 23.2 Å². The van der Waals surface area contributed by atoms with Crippen LogP contribution in [-0.2, 0) is 9.59 Å². The van der Waals surface area contributed by atoms with Crippen LogP contribution in [0.2, 0.25) is 10.0 Å². The fourth-order valence-electron chi connectivity index (χ4n) is 1.92. The van der Waals surface area contributed by atoms with Gasteiger partial charge in [-0.1, -0.05) is 23.2 Å². The van der Waals surface area contributed by atoms with Crippen LogP contribution in [0.4, 0.5) is 5.69 Å². The maximum absolute atomic E-state index is 11.9. The number of piperazine rings is 1. The second-order valence-corrected chi connectivity index (χ2v) is 5.22. The number of nitrogens with one attached hydrogen (secondary N) is 3. The predicted molar refractivity (Wildman–Crippen MR) is 73.7 cm³/mol. The van der Waals surface area contributed by atoms with Crippen LogP contribution in [0.25, 0.3) is 0 Å². The molecule has 1 aromatic rings. The molecule has 0 aliphatic carbocycles. The second kappa shape index (κ2) is 6.23. The lowest BCUT2D eigenvalue weighted by Gasteiger charge is -2.23. The minimum atomic E-state index is -0.172. The van der Waals surface area contributed by atoms with E-state index >= 15 is 0 Å². The number of hydrogen-bond donors (Lipinski definition) is 3. The second-order valence-electron chi connectivity index (χ2n) is 4.38. The first kappa shape index (κ1) is 14.1. The Balaban J connectivity index is 1.92. The smallest absolute Gasteiger partial charge is 0.279 e. The molecule has 102 valence electrons. The van der Waals surface area contributed by atoms with Crippen LogP contribution in [0.15, 0.2) is 18.2 Å². The van der Waals surface area contributed by atoms with Crippen molar-refractivity contribution >= 4 is 40.7 Å². The van der Waals surface area contributed by atoms with Gasteiger partial charge >= 0.3 is 0 Å². The maximum Gasteiger partial charge on any atom is 0.279 e. The van der Waals surface area contributed by atoms with Crippen LogP contribution in [0.3, 0.4) is 0 Å². The van der Waals surface area contributed by atoms with E-state index in [1.807, 2.05) is 0 Å². The molecule has 1 atom stereocenters. The highest BCUT2D eigenvalue weighted by Crippen LogP contribution is 2.24.